The fraction of sp³-hybridized carbons (Fsp3) is 0.692. The van der Waals surface area contributed by atoms with Crippen molar-refractivity contribution in [3.05, 3.63) is 47.5 Å². The van der Waals surface area contributed by atoms with Crippen molar-refractivity contribution in [3.63, 3.8) is 0 Å². The van der Waals surface area contributed by atoms with Crippen LogP contribution in [0.1, 0.15) is 114 Å². The van der Waals surface area contributed by atoms with E-state index in [1.54, 1.807) is 0 Å². The molecule has 0 bridgehead atoms. The third-order valence-corrected chi connectivity index (χ3v) is 6.50. The third kappa shape index (κ3) is 9.34. The Bertz CT molecular complexity index is 534. The van der Waals surface area contributed by atoms with E-state index in [0.717, 1.165) is 17.6 Å². The maximum atomic E-state index is 12.1. The van der Waals surface area contributed by atoms with E-state index in [0.29, 0.717) is 18.8 Å². The van der Waals surface area contributed by atoms with Crippen LogP contribution in [0, 0.1) is 5.92 Å². The molecule has 2 heteroatoms. The Morgan fingerprint density at radius 1 is 0.857 bits per heavy atom. The summed E-state index contributed by atoms with van der Waals surface area (Å²) in [6.07, 6.45) is 18.7. The molecular formula is C26H40F2. The summed E-state index contributed by atoms with van der Waals surface area (Å²) in [7, 11) is 0. The number of benzene rings is 1. The molecule has 2 rings (SSSR count). The zero-order valence-corrected chi connectivity index (χ0v) is 17.9. The van der Waals surface area contributed by atoms with Crippen LogP contribution >= 0.6 is 0 Å². The Labute approximate surface area is 171 Å². The lowest BCUT2D eigenvalue weighted by Gasteiger charge is -2.29. The van der Waals surface area contributed by atoms with Crippen molar-refractivity contribution >= 4 is 0 Å². The second-order valence-corrected chi connectivity index (χ2v) is 8.76. The highest BCUT2D eigenvalue weighted by atomic mass is 19.3. The van der Waals surface area contributed by atoms with Gasteiger partial charge in [0.05, 0.1) is 0 Å². The minimum absolute atomic E-state index is 0.422. The molecule has 1 fully saturated rings. The van der Waals surface area contributed by atoms with E-state index in [-0.39, 0.29) is 0 Å². The van der Waals surface area contributed by atoms with E-state index < -0.39 is 6.08 Å². The van der Waals surface area contributed by atoms with Gasteiger partial charge >= 0.3 is 0 Å². The molecule has 0 atom stereocenters. The predicted octanol–water partition coefficient (Wildman–Crippen LogP) is 9.20. The predicted molar refractivity (Wildman–Crippen MR) is 117 cm³/mol. The standard InChI is InChI=1S/C26H40F2/c1-2-3-4-5-6-7-8-9-11-22-14-18-24(19-15-22)25-20-16-23(17-21-25)12-10-13-26(27)28/h13,16-17,20-22,24H,2-12,14-15,18-19H2,1H3/t22-,24-. The second-order valence-electron chi connectivity index (χ2n) is 8.76. The summed E-state index contributed by atoms with van der Waals surface area (Å²) in [5.74, 6) is 1.64. The highest BCUT2D eigenvalue weighted by Gasteiger charge is 2.21. The van der Waals surface area contributed by atoms with Gasteiger partial charge in [0, 0.05) is 0 Å². The average Bonchev–Trinajstić information content (AvgIpc) is 2.71. The molecule has 28 heavy (non-hydrogen) atoms. The van der Waals surface area contributed by atoms with Crippen molar-refractivity contribution in [2.24, 2.45) is 5.92 Å². The minimum Gasteiger partial charge on any atom is -0.174 e. The lowest BCUT2D eigenvalue weighted by Crippen LogP contribution is -2.13. The highest BCUT2D eigenvalue weighted by molar-refractivity contribution is 5.26. The van der Waals surface area contributed by atoms with Gasteiger partial charge in [-0.05, 0) is 67.6 Å². The normalized spacial score (nSPS) is 19.5. The largest absolute Gasteiger partial charge is 0.266 e. The second kappa shape index (κ2) is 13.9. The maximum absolute atomic E-state index is 12.1. The lowest BCUT2D eigenvalue weighted by atomic mass is 9.77. The third-order valence-electron chi connectivity index (χ3n) is 6.50. The van der Waals surface area contributed by atoms with Crippen LogP contribution in [0.4, 0.5) is 8.78 Å². The van der Waals surface area contributed by atoms with Gasteiger partial charge in [0.15, 0.2) is 0 Å². The van der Waals surface area contributed by atoms with Crippen molar-refractivity contribution in [1.82, 2.24) is 0 Å². The highest BCUT2D eigenvalue weighted by Crippen LogP contribution is 2.37. The van der Waals surface area contributed by atoms with Crippen LogP contribution in [-0.4, -0.2) is 0 Å². The van der Waals surface area contributed by atoms with Gasteiger partial charge in [0.1, 0.15) is 0 Å². The Kier molecular flexibility index (Phi) is 11.5. The minimum atomic E-state index is -1.57. The van der Waals surface area contributed by atoms with Crippen molar-refractivity contribution in [2.45, 2.75) is 109 Å². The average molecular weight is 391 g/mol. The zero-order valence-electron chi connectivity index (χ0n) is 17.9. The smallest absolute Gasteiger partial charge is 0.174 e. The van der Waals surface area contributed by atoms with E-state index in [1.165, 1.54) is 89.0 Å². The Morgan fingerprint density at radius 3 is 2.07 bits per heavy atom. The summed E-state index contributed by atoms with van der Waals surface area (Å²) in [5.41, 5.74) is 2.60. The Hall–Kier alpha value is -1.18. The Balaban J connectivity index is 1.58. The molecule has 0 amide bonds. The summed E-state index contributed by atoms with van der Waals surface area (Å²) in [4.78, 5) is 0. The monoisotopic (exact) mass is 390 g/mol. The van der Waals surface area contributed by atoms with E-state index in [2.05, 4.69) is 31.2 Å². The fourth-order valence-electron chi connectivity index (χ4n) is 4.66. The number of hydrogen-bond acceptors (Lipinski definition) is 0. The number of unbranched alkanes of at least 4 members (excludes halogenated alkanes) is 7. The molecule has 0 N–H and O–H groups in total. The molecule has 1 aliphatic carbocycles. The fourth-order valence-corrected chi connectivity index (χ4v) is 4.66. The first-order chi connectivity index (χ1) is 13.7. The molecule has 0 aromatic heterocycles. The quantitative estimate of drug-likeness (QED) is 0.294. The van der Waals surface area contributed by atoms with Crippen molar-refractivity contribution in [2.75, 3.05) is 0 Å². The zero-order chi connectivity index (χ0) is 20.0. The van der Waals surface area contributed by atoms with Gasteiger partial charge in [-0.1, -0.05) is 89.0 Å². The molecule has 1 saturated carbocycles. The van der Waals surface area contributed by atoms with Crippen LogP contribution in [0.5, 0.6) is 0 Å². The van der Waals surface area contributed by atoms with Gasteiger partial charge in [0.25, 0.3) is 6.08 Å². The van der Waals surface area contributed by atoms with Crippen LogP contribution < -0.4 is 0 Å². The molecule has 1 aromatic carbocycles. The SMILES string of the molecule is CCCCCCCCCC[C@H]1CC[C@H](c2ccc(CCC=C(F)F)cc2)CC1. The molecule has 1 aliphatic rings. The van der Waals surface area contributed by atoms with E-state index in [4.69, 9.17) is 0 Å². The van der Waals surface area contributed by atoms with Gasteiger partial charge in [-0.2, -0.15) is 8.78 Å². The van der Waals surface area contributed by atoms with Gasteiger partial charge < -0.3 is 0 Å². The molecule has 1 aromatic rings. The van der Waals surface area contributed by atoms with Crippen molar-refractivity contribution in [1.29, 1.82) is 0 Å². The number of allylic oxidation sites excluding steroid dienone is 1. The molecule has 0 aliphatic heterocycles. The lowest BCUT2D eigenvalue weighted by molar-refractivity contribution is 0.301. The molecule has 0 nitrogen and oxygen atoms in total. The molecule has 0 spiro atoms. The van der Waals surface area contributed by atoms with Gasteiger partial charge in [-0.3, -0.25) is 0 Å². The number of aryl methyl sites for hydroxylation is 1. The van der Waals surface area contributed by atoms with E-state index in [1.807, 2.05) is 0 Å². The summed E-state index contributed by atoms with van der Waals surface area (Å²) in [6.45, 7) is 2.28. The van der Waals surface area contributed by atoms with Crippen molar-refractivity contribution in [3.8, 4) is 0 Å². The van der Waals surface area contributed by atoms with Crippen LogP contribution in [0.25, 0.3) is 0 Å². The molecule has 158 valence electrons. The summed E-state index contributed by atoms with van der Waals surface area (Å²) in [6, 6.07) is 8.72. The summed E-state index contributed by atoms with van der Waals surface area (Å²) in [5, 5.41) is 0. The van der Waals surface area contributed by atoms with Gasteiger partial charge in [-0.25, -0.2) is 0 Å². The molecular weight excluding hydrogens is 350 g/mol. The first-order valence-electron chi connectivity index (χ1n) is 11.8. The van der Waals surface area contributed by atoms with Crippen LogP contribution in [-0.2, 0) is 6.42 Å². The van der Waals surface area contributed by atoms with Crippen molar-refractivity contribution < 1.29 is 8.78 Å². The topological polar surface area (TPSA) is 0 Å². The first-order valence-corrected chi connectivity index (χ1v) is 11.8. The summed E-state index contributed by atoms with van der Waals surface area (Å²) < 4.78 is 24.2. The number of halogens is 2. The number of hydrogen-bond donors (Lipinski definition) is 0. The van der Waals surface area contributed by atoms with Gasteiger partial charge in [-0.15, -0.1) is 0 Å². The molecule has 0 saturated heterocycles. The maximum Gasteiger partial charge on any atom is 0.266 e. The Morgan fingerprint density at radius 2 is 1.46 bits per heavy atom. The van der Waals surface area contributed by atoms with E-state index >= 15 is 0 Å². The van der Waals surface area contributed by atoms with E-state index in [9.17, 15) is 8.78 Å². The molecule has 0 unspecified atom stereocenters. The van der Waals surface area contributed by atoms with Crippen LogP contribution in [0.2, 0.25) is 0 Å². The van der Waals surface area contributed by atoms with Gasteiger partial charge in [0.2, 0.25) is 0 Å². The first kappa shape index (κ1) is 23.1. The summed E-state index contributed by atoms with van der Waals surface area (Å²) >= 11 is 0. The van der Waals surface area contributed by atoms with Crippen LogP contribution in [0.15, 0.2) is 36.4 Å². The molecule has 0 heterocycles. The van der Waals surface area contributed by atoms with Crippen LogP contribution in [0.3, 0.4) is 0 Å². The number of rotatable bonds is 13. The molecule has 0 radical (unpaired) electrons.